The Hall–Kier alpha value is -6.82. The lowest BCUT2D eigenvalue weighted by molar-refractivity contribution is -0.274. The fraction of sp³-hybridized carbons (Fsp3) is 0.429. The van der Waals surface area contributed by atoms with E-state index < -0.39 is 65.1 Å². The Morgan fingerprint density at radius 1 is 0.336 bits per heavy atom. The predicted molar refractivity (Wildman–Crippen MR) is 411 cm³/mol. The fourth-order valence-corrected chi connectivity index (χ4v) is 11.1. The molecule has 0 fully saturated rings. The Balaban J connectivity index is 0.000000629. The Morgan fingerprint density at radius 2 is 0.736 bits per heavy atom. The van der Waals surface area contributed by atoms with Crippen molar-refractivity contribution in [1.82, 2.24) is 0 Å². The lowest BCUT2D eigenvalue weighted by Crippen LogP contribution is -2.17. The molecule has 8 aromatic carbocycles. The largest absolute Gasteiger partial charge is 0.573 e. The molecule has 0 heterocycles. The highest BCUT2D eigenvalue weighted by Gasteiger charge is 2.36. The maximum absolute atomic E-state index is 13.0. The van der Waals surface area contributed by atoms with Crippen LogP contribution in [0.2, 0.25) is 15.1 Å². The van der Waals surface area contributed by atoms with Gasteiger partial charge in [0.1, 0.15) is 23.1 Å². The molecule has 8 aromatic rings. The first-order valence-electron chi connectivity index (χ1n) is 34.7. The molecule has 0 aliphatic rings. The summed E-state index contributed by atoms with van der Waals surface area (Å²) in [5.74, 6) is 1.94. The normalized spacial score (nSPS) is 11.8. The highest BCUT2D eigenvalue weighted by atomic mass is 79.9. The van der Waals surface area contributed by atoms with Crippen molar-refractivity contribution >= 4 is 50.7 Å². The highest BCUT2D eigenvalue weighted by Crippen LogP contribution is 2.40. The van der Waals surface area contributed by atoms with Gasteiger partial charge < -0.3 is 14.2 Å². The van der Waals surface area contributed by atoms with Gasteiger partial charge in [0.05, 0.1) is 41.5 Å². The first-order chi connectivity index (χ1) is 50.1. The third kappa shape index (κ3) is 37.2. The van der Waals surface area contributed by atoms with Crippen molar-refractivity contribution in [2.75, 3.05) is 13.7 Å². The van der Waals surface area contributed by atoms with Gasteiger partial charge in [0.15, 0.2) is 0 Å². The molecule has 8 rings (SSSR count). The molecule has 0 saturated carbocycles. The summed E-state index contributed by atoms with van der Waals surface area (Å²) in [6, 6.07) is 34.8. The van der Waals surface area contributed by atoms with E-state index >= 15 is 0 Å². The van der Waals surface area contributed by atoms with E-state index in [0.29, 0.717) is 60.4 Å². The molecule has 0 spiro atoms. The van der Waals surface area contributed by atoms with Crippen LogP contribution in [0.3, 0.4) is 0 Å². The average molecular weight is 1700 g/mol. The van der Waals surface area contributed by atoms with Crippen molar-refractivity contribution in [3.63, 3.8) is 0 Å². The fourth-order valence-electron chi connectivity index (χ4n) is 9.69. The van der Waals surface area contributed by atoms with Crippen LogP contribution in [0.15, 0.2) is 150 Å². The number of aryl methyl sites for hydroxylation is 3. The minimum absolute atomic E-state index is 0.00944. The van der Waals surface area contributed by atoms with E-state index in [4.69, 9.17) is 44.3 Å². The van der Waals surface area contributed by atoms with Gasteiger partial charge in [-0.1, -0.05) is 192 Å². The first-order valence-corrected chi connectivity index (χ1v) is 36.7. The second kappa shape index (κ2) is 44.6. The lowest BCUT2D eigenvalue weighted by Gasteiger charge is -2.13. The molecule has 0 radical (unpaired) electrons. The van der Waals surface area contributed by atoms with Crippen LogP contribution in [0, 0.1) is 26.6 Å². The van der Waals surface area contributed by atoms with Crippen LogP contribution >= 0.6 is 50.7 Å². The molecule has 3 nitrogen and oxygen atoms in total. The second-order valence-corrected chi connectivity index (χ2v) is 30.0. The standard InChI is InChI=1S/C11H13F3O.3C11H13F3.C11H15FO.C10H10BrF3O.C10H10ClF3.C9H10Cl2/c1-7(2)8-4-9(11(12,13)14)6-10(5-8)15-3;1-7(2)9-4-5-10(8(3)6-9)11(12,13)14;1-7(2)10-6-9(11(12,13)14)5-4-8(10)3;1-7(2)9-5-4-8(3)10(6-9)11(12,13)14;1-4-13-11-6-9(8(2)3)5-10(12)7-11;1-6(2)7-3-8(11)5-9(4-7)15-10(12,13)14;1-6(2)8-5-7(10(12,13)14)3-4-9(8)11;1-6(2)7-3-8(10)5-9(11)4-7/h4-7H,1-3H3;3*4-7H,1-3H3;5-8H,4H2,1-3H3;3-6H,1-2H3;3-6H,1-2H3;3-6H,1-2H3. The quantitative estimate of drug-likeness (QED) is 0.114. The topological polar surface area (TPSA) is 27.7 Å². The third-order valence-corrected chi connectivity index (χ3v) is 17.2. The highest BCUT2D eigenvalue weighted by molar-refractivity contribution is 9.10. The van der Waals surface area contributed by atoms with E-state index in [1.54, 1.807) is 56.3 Å². The minimum Gasteiger partial charge on any atom is -0.497 e. The zero-order chi connectivity index (χ0) is 85.3. The molecule has 26 heteroatoms. The number of alkyl halides is 18. The van der Waals surface area contributed by atoms with Crippen molar-refractivity contribution in [3.05, 3.63) is 260 Å². The van der Waals surface area contributed by atoms with Crippen molar-refractivity contribution in [1.29, 1.82) is 0 Å². The van der Waals surface area contributed by atoms with Crippen molar-refractivity contribution < 1.29 is 97.6 Å². The van der Waals surface area contributed by atoms with Crippen molar-refractivity contribution in [2.24, 2.45) is 0 Å². The maximum atomic E-state index is 13.0. The third-order valence-electron chi connectivity index (χ3n) is 16.0. The van der Waals surface area contributed by atoms with E-state index in [2.05, 4.69) is 34.5 Å². The Bertz CT molecular complexity index is 4020. The lowest BCUT2D eigenvalue weighted by atomic mass is 9.96. The van der Waals surface area contributed by atoms with Crippen LogP contribution in [0.5, 0.6) is 17.2 Å². The first kappa shape index (κ1) is 101. The minimum atomic E-state index is -4.64. The van der Waals surface area contributed by atoms with Gasteiger partial charge in [0.25, 0.3) is 0 Å². The number of benzene rings is 8. The summed E-state index contributed by atoms with van der Waals surface area (Å²) in [6.45, 7) is 38.1. The molecule has 0 aliphatic carbocycles. The van der Waals surface area contributed by atoms with Gasteiger partial charge in [-0.25, -0.2) is 4.39 Å². The van der Waals surface area contributed by atoms with Crippen LogP contribution in [-0.2, 0) is 30.9 Å². The van der Waals surface area contributed by atoms with Crippen LogP contribution < -0.4 is 14.2 Å². The number of halogens is 23. The van der Waals surface area contributed by atoms with Gasteiger partial charge in [-0.3, -0.25) is 0 Å². The van der Waals surface area contributed by atoms with Crippen LogP contribution in [-0.4, -0.2) is 20.1 Å². The zero-order valence-corrected chi connectivity index (χ0v) is 69.0. The molecule has 0 atom stereocenters. The monoisotopic (exact) mass is 1700 g/mol. The van der Waals surface area contributed by atoms with Gasteiger partial charge >= 0.3 is 37.2 Å². The average Bonchev–Trinajstić information content (AvgIpc) is 0.843. The zero-order valence-electron chi connectivity index (χ0n) is 65.1. The number of hydrogen-bond acceptors (Lipinski definition) is 3. The summed E-state index contributed by atoms with van der Waals surface area (Å²) in [4.78, 5) is 0. The van der Waals surface area contributed by atoms with Crippen molar-refractivity contribution in [2.45, 2.75) is 223 Å². The van der Waals surface area contributed by atoms with Gasteiger partial charge in [0, 0.05) is 25.6 Å². The molecule has 0 saturated heterocycles. The maximum Gasteiger partial charge on any atom is 0.573 e. The molecule has 0 aromatic heterocycles. The smallest absolute Gasteiger partial charge is 0.497 e. The summed E-state index contributed by atoms with van der Waals surface area (Å²) < 4.78 is 250. The van der Waals surface area contributed by atoms with Gasteiger partial charge in [0.2, 0.25) is 0 Å². The number of rotatable bonds is 12. The summed E-state index contributed by atoms with van der Waals surface area (Å²) in [5, 5.41) is 1.80. The van der Waals surface area contributed by atoms with Crippen LogP contribution in [0.4, 0.5) is 83.4 Å². The van der Waals surface area contributed by atoms with Crippen LogP contribution in [0.1, 0.15) is 254 Å². The van der Waals surface area contributed by atoms with E-state index in [-0.39, 0.29) is 58.4 Å². The van der Waals surface area contributed by atoms with E-state index in [1.165, 1.54) is 75.1 Å². The summed E-state index contributed by atoms with van der Waals surface area (Å²) in [6.07, 6.45) is -26.0. The molecule has 110 heavy (non-hydrogen) atoms. The van der Waals surface area contributed by atoms with E-state index in [0.717, 1.165) is 69.8 Å². The molecule has 0 N–H and O–H groups in total. The number of methoxy groups -OCH3 is 1. The Labute approximate surface area is 658 Å². The summed E-state index contributed by atoms with van der Waals surface area (Å²) >= 11 is 20.5. The van der Waals surface area contributed by atoms with Gasteiger partial charge in [-0.15, -0.1) is 13.2 Å². The summed E-state index contributed by atoms with van der Waals surface area (Å²) in [5.41, 5.74) is 5.09. The number of hydrogen-bond donors (Lipinski definition) is 0. The second-order valence-electron chi connectivity index (χ2n) is 27.8. The van der Waals surface area contributed by atoms with Gasteiger partial charge in [-0.05, 0) is 245 Å². The van der Waals surface area contributed by atoms with Crippen LogP contribution in [0.25, 0.3) is 0 Å². The molecular formula is C84H97BrCl3F19O3. The SMILES string of the molecule is CC(C)c1cc(Br)cc(OC(F)(F)F)c1.CC(C)c1cc(C(F)(F)F)ccc1Cl.CC(C)c1cc(Cl)cc(Cl)c1.CCOc1cc(F)cc(C(C)C)c1.COc1cc(C(C)C)cc(C(F)(F)F)c1.Cc1cc(C(C)C)ccc1C(F)(F)F.Cc1ccc(C(C)C)cc1C(F)(F)F.Cc1ccc(C(F)(F)F)cc1C(C)C. The van der Waals surface area contributed by atoms with Gasteiger partial charge in [-0.2, -0.15) is 65.9 Å². The molecule has 0 aliphatic heterocycles. The Kier molecular flexibility index (Phi) is 41.0. The van der Waals surface area contributed by atoms with E-state index in [1.807, 2.05) is 115 Å². The molecular weight excluding hydrogens is 1600 g/mol. The molecule has 0 bridgehead atoms. The molecule has 612 valence electrons. The number of ether oxygens (including phenoxy) is 3. The summed E-state index contributed by atoms with van der Waals surface area (Å²) in [7, 11) is 1.36. The van der Waals surface area contributed by atoms with Crippen molar-refractivity contribution in [3.8, 4) is 17.2 Å². The predicted octanol–water partition coefficient (Wildman–Crippen LogP) is 32.7. The Morgan fingerprint density at radius 3 is 1.15 bits per heavy atom. The molecule has 0 amide bonds. The van der Waals surface area contributed by atoms with E-state index in [9.17, 15) is 83.4 Å². The molecule has 0 unspecified atom stereocenters.